The summed E-state index contributed by atoms with van der Waals surface area (Å²) in [5, 5.41) is 1.11. The van der Waals surface area contributed by atoms with Crippen LogP contribution in [-0.4, -0.2) is 0 Å². The lowest BCUT2D eigenvalue weighted by Gasteiger charge is -2.30. The van der Waals surface area contributed by atoms with Crippen LogP contribution in [0.5, 0.6) is 0 Å². The summed E-state index contributed by atoms with van der Waals surface area (Å²) in [7, 11) is 0. The maximum Gasteiger partial charge on any atom is 0.135 e. The van der Waals surface area contributed by atoms with Gasteiger partial charge in [0.1, 0.15) is 11.3 Å². The van der Waals surface area contributed by atoms with E-state index in [1.54, 1.807) is 6.08 Å². The van der Waals surface area contributed by atoms with Gasteiger partial charge in [0.15, 0.2) is 0 Å². The van der Waals surface area contributed by atoms with E-state index in [9.17, 15) is 0 Å². The third kappa shape index (κ3) is 2.80. The molecule has 1 spiro atoms. The van der Waals surface area contributed by atoms with E-state index >= 15 is 0 Å². The van der Waals surface area contributed by atoms with Crippen LogP contribution in [0.1, 0.15) is 40.5 Å². The molecule has 1 nitrogen and oxygen atoms in total. The molecular weight excluding hydrogens is 472 g/mol. The zero-order valence-corrected chi connectivity index (χ0v) is 21.7. The van der Waals surface area contributed by atoms with E-state index in [0.717, 1.165) is 22.3 Å². The Morgan fingerprint density at radius 2 is 1.15 bits per heavy atom. The lowest BCUT2D eigenvalue weighted by molar-refractivity contribution is 0.603. The van der Waals surface area contributed by atoms with Gasteiger partial charge in [-0.05, 0) is 86.8 Å². The molecule has 0 aliphatic heterocycles. The van der Waals surface area contributed by atoms with Gasteiger partial charge in [-0.25, -0.2) is 0 Å². The predicted molar refractivity (Wildman–Crippen MR) is 163 cm³/mol. The van der Waals surface area contributed by atoms with E-state index in [1.165, 1.54) is 55.6 Å². The second-order valence-electron chi connectivity index (χ2n) is 10.4. The molecule has 39 heavy (non-hydrogen) atoms. The Bertz CT molecular complexity index is 1950. The molecule has 6 aromatic rings. The van der Waals surface area contributed by atoms with E-state index in [1.807, 2.05) is 13.0 Å². The molecule has 0 radical (unpaired) electrons. The summed E-state index contributed by atoms with van der Waals surface area (Å²) < 4.78 is 6.07. The van der Waals surface area contributed by atoms with Crippen LogP contribution < -0.4 is 0 Å². The van der Waals surface area contributed by atoms with Crippen LogP contribution in [0.4, 0.5) is 0 Å². The molecule has 0 saturated heterocycles. The van der Waals surface area contributed by atoms with Crippen LogP contribution in [0.2, 0.25) is 0 Å². The molecule has 2 aliphatic carbocycles. The highest BCUT2D eigenvalue weighted by Gasteiger charge is 2.51. The van der Waals surface area contributed by atoms with Gasteiger partial charge < -0.3 is 4.42 Å². The minimum absolute atomic E-state index is 0.301. The molecular formula is C38H26O. The van der Waals surface area contributed by atoms with Gasteiger partial charge in [-0.3, -0.25) is 0 Å². The Balaban J connectivity index is 1.39. The van der Waals surface area contributed by atoms with Crippen LogP contribution in [0, 0.1) is 0 Å². The lowest BCUT2D eigenvalue weighted by atomic mass is 9.70. The first-order valence-corrected chi connectivity index (χ1v) is 13.5. The minimum atomic E-state index is -0.301. The van der Waals surface area contributed by atoms with Gasteiger partial charge in [-0.15, -0.1) is 0 Å². The molecule has 1 heteroatoms. The Labute approximate surface area is 228 Å². The molecule has 0 amide bonds. The molecule has 0 bridgehead atoms. The average molecular weight is 499 g/mol. The predicted octanol–water partition coefficient (Wildman–Crippen LogP) is 10.1. The summed E-state index contributed by atoms with van der Waals surface area (Å²) in [5.41, 5.74) is 14.8. The molecule has 5 aromatic carbocycles. The first-order chi connectivity index (χ1) is 19.3. The molecule has 1 heterocycles. The number of hydrogen-bond acceptors (Lipinski definition) is 1. The summed E-state index contributed by atoms with van der Waals surface area (Å²) in [6.45, 7) is 5.98. The summed E-state index contributed by atoms with van der Waals surface area (Å²) in [4.78, 5) is 0. The van der Waals surface area contributed by atoms with Crippen LogP contribution in [-0.2, 0) is 5.41 Å². The van der Waals surface area contributed by atoms with Gasteiger partial charge in [0, 0.05) is 10.9 Å². The van der Waals surface area contributed by atoms with Gasteiger partial charge in [0.25, 0.3) is 0 Å². The molecule has 8 rings (SSSR count). The quantitative estimate of drug-likeness (QED) is 0.236. The smallest absolute Gasteiger partial charge is 0.135 e. The SMILES string of the molecule is C=Cc1oc2ccc(-c3ccc4c(c3)-c3ccccc3C43c4ccccc4-c4ccccc43)cc2c1/C=C\C. The van der Waals surface area contributed by atoms with Crippen molar-refractivity contribution in [2.24, 2.45) is 0 Å². The van der Waals surface area contributed by atoms with Gasteiger partial charge in [-0.2, -0.15) is 0 Å². The summed E-state index contributed by atoms with van der Waals surface area (Å²) >= 11 is 0. The van der Waals surface area contributed by atoms with Crippen molar-refractivity contribution in [2.45, 2.75) is 12.3 Å². The first-order valence-electron chi connectivity index (χ1n) is 13.5. The van der Waals surface area contributed by atoms with Crippen molar-refractivity contribution in [2.75, 3.05) is 0 Å². The Morgan fingerprint density at radius 3 is 1.77 bits per heavy atom. The molecule has 1 aromatic heterocycles. The maximum absolute atomic E-state index is 6.07. The molecule has 0 atom stereocenters. The van der Waals surface area contributed by atoms with Crippen LogP contribution >= 0.6 is 0 Å². The number of allylic oxidation sites excluding steroid dienone is 1. The lowest BCUT2D eigenvalue weighted by Crippen LogP contribution is -2.25. The average Bonchev–Trinajstić information content (AvgIpc) is 3.60. The summed E-state index contributed by atoms with van der Waals surface area (Å²) in [6.07, 6.45) is 5.94. The standard InChI is InChI=1S/C38H26O/c1-3-11-29-31-23-25(19-21-37(31)39-36(29)4-2)24-18-20-35-30(22-24)28-14-7-10-17-34(28)38(35)32-15-8-5-12-26(32)27-13-6-9-16-33(27)38/h3-23H,2H2,1H3/b11-3-. The first kappa shape index (κ1) is 22.1. The fourth-order valence-corrected chi connectivity index (χ4v) is 7.08. The van der Waals surface area contributed by atoms with E-state index in [2.05, 4.69) is 122 Å². The Hall–Kier alpha value is -4.88. The fraction of sp³-hybridized carbons (Fsp3) is 0.0526. The Kier molecular flexibility index (Phi) is 4.57. The molecule has 0 N–H and O–H groups in total. The van der Waals surface area contributed by atoms with Gasteiger partial charge >= 0.3 is 0 Å². The number of benzene rings is 5. The largest absolute Gasteiger partial charge is 0.456 e. The number of furan rings is 1. The highest BCUT2D eigenvalue weighted by atomic mass is 16.3. The van der Waals surface area contributed by atoms with E-state index in [4.69, 9.17) is 4.42 Å². The van der Waals surface area contributed by atoms with Crippen molar-refractivity contribution in [3.05, 3.63) is 155 Å². The highest BCUT2D eigenvalue weighted by Crippen LogP contribution is 2.62. The minimum Gasteiger partial charge on any atom is -0.456 e. The monoisotopic (exact) mass is 498 g/mol. The molecule has 0 unspecified atom stereocenters. The molecule has 0 saturated carbocycles. The zero-order valence-electron chi connectivity index (χ0n) is 21.7. The van der Waals surface area contributed by atoms with Gasteiger partial charge in [0.2, 0.25) is 0 Å². The van der Waals surface area contributed by atoms with E-state index < -0.39 is 0 Å². The van der Waals surface area contributed by atoms with Crippen LogP contribution in [0.25, 0.3) is 56.5 Å². The van der Waals surface area contributed by atoms with E-state index in [0.29, 0.717) is 0 Å². The van der Waals surface area contributed by atoms with Gasteiger partial charge in [-0.1, -0.05) is 110 Å². The van der Waals surface area contributed by atoms with Crippen molar-refractivity contribution >= 4 is 23.1 Å². The third-order valence-corrected chi connectivity index (χ3v) is 8.60. The molecule has 2 aliphatic rings. The van der Waals surface area contributed by atoms with Crippen molar-refractivity contribution in [3.8, 4) is 33.4 Å². The topological polar surface area (TPSA) is 13.1 Å². The normalized spacial score (nSPS) is 14.0. The number of hydrogen-bond donors (Lipinski definition) is 0. The van der Waals surface area contributed by atoms with Crippen LogP contribution in [0.15, 0.2) is 126 Å². The van der Waals surface area contributed by atoms with E-state index in [-0.39, 0.29) is 5.41 Å². The fourth-order valence-electron chi connectivity index (χ4n) is 7.08. The maximum atomic E-state index is 6.07. The van der Waals surface area contributed by atoms with Crippen molar-refractivity contribution in [1.29, 1.82) is 0 Å². The summed E-state index contributed by atoms with van der Waals surface area (Å²) in [5.74, 6) is 0.809. The molecule has 184 valence electrons. The van der Waals surface area contributed by atoms with Gasteiger partial charge in [0.05, 0.1) is 5.41 Å². The molecule has 0 fully saturated rings. The van der Waals surface area contributed by atoms with Crippen molar-refractivity contribution in [1.82, 2.24) is 0 Å². The zero-order chi connectivity index (χ0) is 26.1. The van der Waals surface area contributed by atoms with Crippen molar-refractivity contribution < 1.29 is 4.42 Å². The van der Waals surface area contributed by atoms with Crippen molar-refractivity contribution in [3.63, 3.8) is 0 Å². The number of fused-ring (bicyclic) bond motifs is 11. The third-order valence-electron chi connectivity index (χ3n) is 8.60. The van der Waals surface area contributed by atoms with Crippen LogP contribution in [0.3, 0.4) is 0 Å². The highest BCUT2D eigenvalue weighted by molar-refractivity contribution is 5.97. The Morgan fingerprint density at radius 1 is 0.615 bits per heavy atom. The summed E-state index contributed by atoms with van der Waals surface area (Å²) in [6, 6.07) is 40.4. The second-order valence-corrected chi connectivity index (χ2v) is 10.4. The number of rotatable bonds is 3. The second kappa shape index (κ2) is 8.06.